The van der Waals surface area contributed by atoms with Crippen LogP contribution in [0.5, 0.6) is 0 Å². The van der Waals surface area contributed by atoms with Crippen LogP contribution in [0.1, 0.15) is 19.8 Å². The van der Waals surface area contributed by atoms with Crippen LogP contribution < -0.4 is 10.2 Å². The normalized spacial score (nSPS) is 16.1. The maximum atomic E-state index is 11.1. The minimum Gasteiger partial charge on any atom is -0.369 e. The lowest BCUT2D eigenvalue weighted by molar-refractivity contribution is -0.120. The largest absolute Gasteiger partial charge is 0.369 e. The van der Waals surface area contributed by atoms with Crippen molar-refractivity contribution in [3.05, 3.63) is 24.5 Å². The van der Waals surface area contributed by atoms with E-state index in [-0.39, 0.29) is 5.91 Å². The quantitative estimate of drug-likeness (QED) is 0.791. The van der Waals surface area contributed by atoms with Crippen LogP contribution >= 0.6 is 0 Å². The molecular formula is C15H24N4O. The fourth-order valence-electron chi connectivity index (χ4n) is 2.44. The average Bonchev–Trinajstić information content (AvgIpc) is 2.52. The van der Waals surface area contributed by atoms with E-state index in [0.717, 1.165) is 45.7 Å². The summed E-state index contributed by atoms with van der Waals surface area (Å²) in [5, 5.41) is 2.92. The van der Waals surface area contributed by atoms with Crippen LogP contribution in [0.2, 0.25) is 0 Å². The topological polar surface area (TPSA) is 48.5 Å². The van der Waals surface area contributed by atoms with Crippen LogP contribution in [0.15, 0.2) is 24.5 Å². The van der Waals surface area contributed by atoms with Gasteiger partial charge in [-0.1, -0.05) is 6.92 Å². The van der Waals surface area contributed by atoms with Gasteiger partial charge in [0.05, 0.1) is 0 Å². The minimum absolute atomic E-state index is 0.146. The molecule has 0 spiro atoms. The second-order valence-corrected chi connectivity index (χ2v) is 5.09. The number of nitrogens with one attached hydrogen (secondary N) is 1. The van der Waals surface area contributed by atoms with Gasteiger partial charge in [-0.2, -0.15) is 0 Å². The van der Waals surface area contributed by atoms with Gasteiger partial charge >= 0.3 is 0 Å². The Bertz CT molecular complexity index is 402. The van der Waals surface area contributed by atoms with Gasteiger partial charge in [0.2, 0.25) is 5.91 Å². The smallest absolute Gasteiger partial charge is 0.219 e. The van der Waals surface area contributed by atoms with E-state index in [9.17, 15) is 4.79 Å². The molecule has 0 atom stereocenters. The fraction of sp³-hybridized carbons (Fsp3) is 0.600. The van der Waals surface area contributed by atoms with Crippen LogP contribution in [0.3, 0.4) is 0 Å². The van der Waals surface area contributed by atoms with Crippen molar-refractivity contribution in [2.24, 2.45) is 0 Å². The number of aromatic nitrogens is 1. The van der Waals surface area contributed by atoms with Crippen molar-refractivity contribution in [2.45, 2.75) is 19.8 Å². The molecule has 2 heterocycles. The average molecular weight is 276 g/mol. The second kappa shape index (κ2) is 7.85. The SMILES string of the molecule is CCC(=O)NCCCN1CCN(c2ccncc2)CC1. The number of hydrogen-bond donors (Lipinski definition) is 1. The van der Waals surface area contributed by atoms with Crippen LogP contribution in [0.25, 0.3) is 0 Å². The van der Waals surface area contributed by atoms with Gasteiger partial charge in [0.1, 0.15) is 0 Å². The highest BCUT2D eigenvalue weighted by Crippen LogP contribution is 2.14. The van der Waals surface area contributed by atoms with E-state index in [1.54, 1.807) is 0 Å². The summed E-state index contributed by atoms with van der Waals surface area (Å²) in [4.78, 5) is 20.0. The summed E-state index contributed by atoms with van der Waals surface area (Å²) in [6.07, 6.45) is 5.29. The molecule has 2 rings (SSSR count). The van der Waals surface area contributed by atoms with E-state index < -0.39 is 0 Å². The Kier molecular flexibility index (Phi) is 5.80. The Morgan fingerprint density at radius 2 is 1.95 bits per heavy atom. The molecule has 1 aliphatic rings. The maximum Gasteiger partial charge on any atom is 0.219 e. The summed E-state index contributed by atoms with van der Waals surface area (Å²) in [6, 6.07) is 4.13. The van der Waals surface area contributed by atoms with Gasteiger partial charge in [-0.25, -0.2) is 0 Å². The predicted molar refractivity (Wildman–Crippen MR) is 80.8 cm³/mol. The van der Waals surface area contributed by atoms with E-state index in [0.29, 0.717) is 6.42 Å². The number of hydrogen-bond acceptors (Lipinski definition) is 4. The van der Waals surface area contributed by atoms with Crippen molar-refractivity contribution < 1.29 is 4.79 Å². The monoisotopic (exact) mass is 276 g/mol. The molecule has 1 saturated heterocycles. The molecule has 1 N–H and O–H groups in total. The molecule has 1 aliphatic heterocycles. The molecular weight excluding hydrogens is 252 g/mol. The number of pyridine rings is 1. The number of nitrogens with zero attached hydrogens (tertiary/aromatic N) is 3. The highest BCUT2D eigenvalue weighted by atomic mass is 16.1. The summed E-state index contributed by atoms with van der Waals surface area (Å²) in [5.74, 6) is 0.146. The van der Waals surface area contributed by atoms with Crippen LogP contribution in [-0.4, -0.2) is 55.1 Å². The number of rotatable bonds is 6. The molecule has 0 saturated carbocycles. The number of carbonyl (C=O) groups is 1. The van der Waals surface area contributed by atoms with E-state index in [1.165, 1.54) is 5.69 Å². The molecule has 0 radical (unpaired) electrons. The first kappa shape index (κ1) is 14.8. The molecule has 0 bridgehead atoms. The Labute approximate surface area is 121 Å². The van der Waals surface area contributed by atoms with Crippen molar-refractivity contribution >= 4 is 11.6 Å². The van der Waals surface area contributed by atoms with Gasteiger partial charge in [-0.15, -0.1) is 0 Å². The first-order valence-corrected chi connectivity index (χ1v) is 7.43. The summed E-state index contributed by atoms with van der Waals surface area (Å²) in [7, 11) is 0. The summed E-state index contributed by atoms with van der Waals surface area (Å²) in [5.41, 5.74) is 1.26. The molecule has 0 aromatic carbocycles. The zero-order chi connectivity index (χ0) is 14.2. The predicted octanol–water partition coefficient (Wildman–Crippen LogP) is 1.12. The molecule has 0 unspecified atom stereocenters. The molecule has 20 heavy (non-hydrogen) atoms. The van der Waals surface area contributed by atoms with Gasteiger partial charge < -0.3 is 10.2 Å². The molecule has 5 nitrogen and oxygen atoms in total. The van der Waals surface area contributed by atoms with Crippen LogP contribution in [-0.2, 0) is 4.79 Å². The Balaban J connectivity index is 1.63. The summed E-state index contributed by atoms with van der Waals surface area (Å²) >= 11 is 0. The molecule has 0 aliphatic carbocycles. The van der Waals surface area contributed by atoms with Crippen molar-refractivity contribution in [1.82, 2.24) is 15.2 Å². The first-order chi connectivity index (χ1) is 9.79. The Hall–Kier alpha value is -1.62. The van der Waals surface area contributed by atoms with Gasteiger partial charge in [0.15, 0.2) is 0 Å². The lowest BCUT2D eigenvalue weighted by atomic mass is 10.2. The first-order valence-electron chi connectivity index (χ1n) is 7.43. The van der Waals surface area contributed by atoms with Gasteiger partial charge in [0.25, 0.3) is 0 Å². The van der Waals surface area contributed by atoms with Crippen molar-refractivity contribution in [3.63, 3.8) is 0 Å². The highest BCUT2D eigenvalue weighted by Gasteiger charge is 2.16. The van der Waals surface area contributed by atoms with Crippen LogP contribution in [0.4, 0.5) is 5.69 Å². The Morgan fingerprint density at radius 3 is 2.60 bits per heavy atom. The van der Waals surface area contributed by atoms with E-state index in [4.69, 9.17) is 0 Å². The lowest BCUT2D eigenvalue weighted by Crippen LogP contribution is -2.47. The molecule has 110 valence electrons. The number of carbonyl (C=O) groups excluding carboxylic acids is 1. The summed E-state index contributed by atoms with van der Waals surface area (Å²) < 4.78 is 0. The third-order valence-electron chi connectivity index (χ3n) is 3.69. The number of piperazine rings is 1. The van der Waals surface area contributed by atoms with Gasteiger partial charge in [-0.3, -0.25) is 14.7 Å². The Morgan fingerprint density at radius 1 is 1.25 bits per heavy atom. The van der Waals surface area contributed by atoms with Gasteiger partial charge in [-0.05, 0) is 25.1 Å². The maximum absolute atomic E-state index is 11.1. The summed E-state index contributed by atoms with van der Waals surface area (Å²) in [6.45, 7) is 8.03. The molecule has 1 aromatic rings. The van der Waals surface area contributed by atoms with E-state index in [2.05, 4.69) is 32.2 Å². The third kappa shape index (κ3) is 4.49. The van der Waals surface area contributed by atoms with Crippen LogP contribution in [0, 0.1) is 0 Å². The fourth-order valence-corrected chi connectivity index (χ4v) is 2.44. The second-order valence-electron chi connectivity index (χ2n) is 5.09. The van der Waals surface area contributed by atoms with E-state index >= 15 is 0 Å². The lowest BCUT2D eigenvalue weighted by Gasteiger charge is -2.36. The molecule has 1 fully saturated rings. The number of amides is 1. The molecule has 5 heteroatoms. The van der Waals surface area contributed by atoms with E-state index in [1.807, 2.05) is 19.3 Å². The number of anilines is 1. The van der Waals surface area contributed by atoms with Crippen molar-refractivity contribution in [1.29, 1.82) is 0 Å². The molecule has 1 amide bonds. The standard InChI is InChI=1S/C15H24N4O/c1-2-15(20)17-6-3-9-18-10-12-19(13-11-18)14-4-7-16-8-5-14/h4-5,7-8H,2-3,6,9-13H2,1H3,(H,17,20). The highest BCUT2D eigenvalue weighted by molar-refractivity contribution is 5.75. The molecule has 1 aromatic heterocycles. The minimum atomic E-state index is 0.146. The zero-order valence-corrected chi connectivity index (χ0v) is 12.2. The zero-order valence-electron chi connectivity index (χ0n) is 12.2. The third-order valence-corrected chi connectivity index (χ3v) is 3.69. The van der Waals surface area contributed by atoms with Crippen molar-refractivity contribution in [3.8, 4) is 0 Å². The van der Waals surface area contributed by atoms with Crippen molar-refractivity contribution in [2.75, 3.05) is 44.2 Å². The van der Waals surface area contributed by atoms with Gasteiger partial charge in [0, 0.05) is 57.2 Å².